The van der Waals surface area contributed by atoms with E-state index in [1.54, 1.807) is 11.8 Å². The summed E-state index contributed by atoms with van der Waals surface area (Å²) >= 11 is 1.71. The van der Waals surface area contributed by atoms with E-state index >= 15 is 0 Å². The van der Waals surface area contributed by atoms with E-state index in [9.17, 15) is 4.79 Å². The first-order valence-electron chi connectivity index (χ1n) is 6.14. The van der Waals surface area contributed by atoms with Gasteiger partial charge in [0.2, 0.25) is 5.91 Å². The van der Waals surface area contributed by atoms with Gasteiger partial charge in [0.1, 0.15) is 0 Å². The van der Waals surface area contributed by atoms with E-state index < -0.39 is 0 Å². The van der Waals surface area contributed by atoms with Crippen molar-refractivity contribution >= 4 is 17.7 Å². The monoisotopic (exact) mass is 244 g/mol. The van der Waals surface area contributed by atoms with E-state index in [2.05, 4.69) is 12.2 Å². The molecule has 1 saturated carbocycles. The molecule has 0 bridgehead atoms. The predicted molar refractivity (Wildman–Crippen MR) is 70.6 cm³/mol. The summed E-state index contributed by atoms with van der Waals surface area (Å²) in [6.07, 6.45) is 7.30. The van der Waals surface area contributed by atoms with Gasteiger partial charge in [0.05, 0.1) is 5.54 Å². The minimum absolute atomic E-state index is 0.131. The standard InChI is InChI=1S/C12H24N2OS/c1-10-5-3-4-7-12(10,9-13)14-11(15)6-8-16-2/h10H,3-9,13H2,1-2H3,(H,14,15). The van der Waals surface area contributed by atoms with Gasteiger partial charge in [-0.05, 0) is 25.0 Å². The molecule has 1 aliphatic rings. The molecule has 94 valence electrons. The minimum Gasteiger partial charge on any atom is -0.349 e. The van der Waals surface area contributed by atoms with Crippen LogP contribution in [0.5, 0.6) is 0 Å². The molecule has 2 unspecified atom stereocenters. The van der Waals surface area contributed by atoms with E-state index in [4.69, 9.17) is 5.73 Å². The molecule has 0 aliphatic heterocycles. The van der Waals surface area contributed by atoms with Gasteiger partial charge in [0.15, 0.2) is 0 Å². The number of hydrogen-bond donors (Lipinski definition) is 2. The summed E-state index contributed by atoms with van der Waals surface area (Å²) in [5.74, 6) is 1.55. The van der Waals surface area contributed by atoms with Gasteiger partial charge in [-0.15, -0.1) is 0 Å². The van der Waals surface area contributed by atoms with Crippen LogP contribution in [0.2, 0.25) is 0 Å². The molecule has 16 heavy (non-hydrogen) atoms. The Balaban J connectivity index is 2.54. The molecule has 1 aliphatic carbocycles. The van der Waals surface area contributed by atoms with E-state index in [0.29, 0.717) is 18.9 Å². The SMILES string of the molecule is CSCCC(=O)NC1(CN)CCCCC1C. The van der Waals surface area contributed by atoms with Gasteiger partial charge >= 0.3 is 0 Å². The third kappa shape index (κ3) is 3.39. The molecule has 3 N–H and O–H groups in total. The number of nitrogens with one attached hydrogen (secondary N) is 1. The summed E-state index contributed by atoms with van der Waals surface area (Å²) in [5, 5.41) is 3.19. The Labute approximate surface area is 103 Å². The van der Waals surface area contributed by atoms with Gasteiger partial charge in [-0.25, -0.2) is 0 Å². The number of carbonyl (C=O) groups excluding carboxylic acids is 1. The Hall–Kier alpha value is -0.220. The average molecular weight is 244 g/mol. The fourth-order valence-electron chi connectivity index (χ4n) is 2.49. The quantitative estimate of drug-likeness (QED) is 0.775. The van der Waals surface area contributed by atoms with Crippen LogP contribution in [0.15, 0.2) is 0 Å². The van der Waals surface area contributed by atoms with Crippen LogP contribution in [0.3, 0.4) is 0 Å². The lowest BCUT2D eigenvalue weighted by Crippen LogP contribution is -2.59. The highest BCUT2D eigenvalue weighted by atomic mass is 32.2. The maximum atomic E-state index is 11.8. The molecule has 3 nitrogen and oxygen atoms in total. The predicted octanol–water partition coefficient (Wildman–Crippen LogP) is 1.76. The van der Waals surface area contributed by atoms with Crippen molar-refractivity contribution in [2.75, 3.05) is 18.6 Å². The first-order valence-corrected chi connectivity index (χ1v) is 7.54. The van der Waals surface area contributed by atoms with E-state index in [1.165, 1.54) is 19.3 Å². The summed E-state index contributed by atoms with van der Waals surface area (Å²) in [4.78, 5) is 11.8. The lowest BCUT2D eigenvalue weighted by Gasteiger charge is -2.42. The topological polar surface area (TPSA) is 55.1 Å². The van der Waals surface area contributed by atoms with E-state index in [-0.39, 0.29) is 11.4 Å². The molecule has 0 spiro atoms. The zero-order valence-corrected chi connectivity index (χ0v) is 11.2. The molecular weight excluding hydrogens is 220 g/mol. The molecule has 1 rings (SSSR count). The molecule has 0 aromatic carbocycles. The molecular formula is C12H24N2OS. The van der Waals surface area contributed by atoms with E-state index in [1.807, 2.05) is 6.26 Å². The molecule has 0 aromatic heterocycles. The molecule has 0 saturated heterocycles. The normalized spacial score (nSPS) is 30.1. The van der Waals surface area contributed by atoms with Crippen molar-refractivity contribution in [3.63, 3.8) is 0 Å². The molecule has 0 radical (unpaired) electrons. The van der Waals surface area contributed by atoms with Crippen molar-refractivity contribution in [1.82, 2.24) is 5.32 Å². The smallest absolute Gasteiger partial charge is 0.221 e. The van der Waals surface area contributed by atoms with Crippen LogP contribution < -0.4 is 11.1 Å². The van der Waals surface area contributed by atoms with Crippen LogP contribution in [0.4, 0.5) is 0 Å². The molecule has 1 amide bonds. The third-order valence-electron chi connectivity index (χ3n) is 3.74. The highest BCUT2D eigenvalue weighted by Crippen LogP contribution is 2.32. The van der Waals surface area contributed by atoms with Gasteiger partial charge < -0.3 is 11.1 Å². The van der Waals surface area contributed by atoms with Crippen LogP contribution in [0, 0.1) is 5.92 Å². The molecule has 1 fully saturated rings. The second-order valence-corrected chi connectivity index (χ2v) is 5.78. The summed E-state index contributed by atoms with van der Waals surface area (Å²) in [5.41, 5.74) is 5.75. The van der Waals surface area contributed by atoms with Crippen molar-refractivity contribution in [1.29, 1.82) is 0 Å². The largest absolute Gasteiger partial charge is 0.349 e. The molecule has 0 aromatic rings. The number of thioether (sulfide) groups is 1. The van der Waals surface area contributed by atoms with Gasteiger partial charge in [-0.1, -0.05) is 19.8 Å². The van der Waals surface area contributed by atoms with Crippen molar-refractivity contribution in [2.24, 2.45) is 11.7 Å². The highest BCUT2D eigenvalue weighted by molar-refractivity contribution is 7.98. The molecule has 4 heteroatoms. The van der Waals surface area contributed by atoms with Gasteiger partial charge in [-0.3, -0.25) is 4.79 Å². The average Bonchev–Trinajstić information content (AvgIpc) is 2.29. The van der Waals surface area contributed by atoms with Crippen molar-refractivity contribution in [2.45, 2.75) is 44.6 Å². The Morgan fingerprint density at radius 3 is 2.88 bits per heavy atom. The first-order chi connectivity index (χ1) is 7.64. The number of nitrogens with two attached hydrogens (primary N) is 1. The Morgan fingerprint density at radius 2 is 2.31 bits per heavy atom. The highest BCUT2D eigenvalue weighted by Gasteiger charge is 2.37. The summed E-state index contributed by atoms with van der Waals surface area (Å²) in [6, 6.07) is 0. The Kier molecular flexibility index (Phi) is 5.62. The second-order valence-electron chi connectivity index (χ2n) is 4.80. The van der Waals surface area contributed by atoms with Crippen LogP contribution >= 0.6 is 11.8 Å². The van der Waals surface area contributed by atoms with Crippen LogP contribution in [-0.4, -0.2) is 30.0 Å². The van der Waals surface area contributed by atoms with Crippen molar-refractivity contribution in [3.8, 4) is 0 Å². The summed E-state index contributed by atoms with van der Waals surface area (Å²) < 4.78 is 0. The zero-order chi connectivity index (χ0) is 12.0. The van der Waals surface area contributed by atoms with Crippen molar-refractivity contribution in [3.05, 3.63) is 0 Å². The molecule has 2 atom stereocenters. The van der Waals surface area contributed by atoms with Gasteiger partial charge in [0, 0.05) is 18.7 Å². The zero-order valence-electron chi connectivity index (χ0n) is 10.4. The molecule has 0 heterocycles. The van der Waals surface area contributed by atoms with Crippen LogP contribution in [0.1, 0.15) is 39.0 Å². The van der Waals surface area contributed by atoms with Crippen molar-refractivity contribution < 1.29 is 4.79 Å². The number of rotatable bonds is 5. The number of hydrogen-bond acceptors (Lipinski definition) is 3. The lowest BCUT2D eigenvalue weighted by molar-refractivity contribution is -0.123. The number of carbonyl (C=O) groups is 1. The van der Waals surface area contributed by atoms with Crippen LogP contribution in [-0.2, 0) is 4.79 Å². The minimum atomic E-state index is -0.131. The first kappa shape index (κ1) is 13.8. The third-order valence-corrected chi connectivity index (χ3v) is 4.35. The number of amides is 1. The van der Waals surface area contributed by atoms with Gasteiger partial charge in [-0.2, -0.15) is 11.8 Å². The van der Waals surface area contributed by atoms with Gasteiger partial charge in [0.25, 0.3) is 0 Å². The van der Waals surface area contributed by atoms with E-state index in [0.717, 1.165) is 12.2 Å². The second kappa shape index (κ2) is 6.50. The Bertz CT molecular complexity index is 235. The fourth-order valence-corrected chi connectivity index (χ4v) is 2.88. The fraction of sp³-hybridized carbons (Fsp3) is 0.917. The van der Waals surface area contributed by atoms with Crippen LogP contribution in [0.25, 0.3) is 0 Å². The maximum Gasteiger partial charge on any atom is 0.221 e. The Morgan fingerprint density at radius 1 is 1.56 bits per heavy atom. The lowest BCUT2D eigenvalue weighted by atomic mass is 9.73. The maximum absolute atomic E-state index is 11.8. The summed E-state index contributed by atoms with van der Waals surface area (Å²) in [6.45, 7) is 2.78. The summed E-state index contributed by atoms with van der Waals surface area (Å²) in [7, 11) is 0.